The maximum Gasteiger partial charge on any atom is 0.573 e. The van der Waals surface area contributed by atoms with E-state index in [0.29, 0.717) is 11.3 Å². The van der Waals surface area contributed by atoms with E-state index in [2.05, 4.69) is 10.1 Å². The van der Waals surface area contributed by atoms with Gasteiger partial charge in [-0.3, -0.25) is 19.8 Å². The minimum atomic E-state index is -4.79. The summed E-state index contributed by atoms with van der Waals surface area (Å²) in [4.78, 5) is 24.3. The Morgan fingerprint density at radius 2 is 1.86 bits per heavy atom. The molecule has 156 valence electrons. The highest BCUT2D eigenvalue weighted by Crippen LogP contribution is 2.28. The van der Waals surface area contributed by atoms with E-state index in [1.807, 2.05) is 0 Å². The van der Waals surface area contributed by atoms with Crippen molar-refractivity contribution in [3.05, 3.63) is 58.1 Å². The molecule has 2 rings (SSSR count). The molecule has 1 amide bonds. The third kappa shape index (κ3) is 6.96. The minimum Gasteiger partial charge on any atom is -0.490 e. The molecular formula is C18H18F3N3O5. The first-order valence-corrected chi connectivity index (χ1v) is 8.23. The maximum absolute atomic E-state index is 12.1. The molecule has 0 saturated carbocycles. The van der Waals surface area contributed by atoms with Gasteiger partial charge in [-0.15, -0.1) is 13.2 Å². The summed E-state index contributed by atoms with van der Waals surface area (Å²) < 4.78 is 45.1. The van der Waals surface area contributed by atoms with E-state index < -0.39 is 22.9 Å². The number of ether oxygens (including phenoxy) is 2. The Hall–Kier alpha value is -3.34. The Morgan fingerprint density at radius 3 is 2.41 bits per heavy atom. The second kappa shape index (κ2) is 9.24. The van der Waals surface area contributed by atoms with Crippen LogP contribution < -0.4 is 14.8 Å². The van der Waals surface area contributed by atoms with E-state index in [0.717, 1.165) is 12.1 Å². The predicted octanol–water partition coefficient (Wildman–Crippen LogP) is 3.57. The summed E-state index contributed by atoms with van der Waals surface area (Å²) in [6.07, 6.45) is -4.79. The standard InChI is InChI=1S/C18H18F3N3O5/c1-23(10-12-3-8-16(28-2)15(9-12)24(26)27)11-17(25)22-13-4-6-14(7-5-13)29-18(19,20)21/h3-9H,10-11H2,1-2H3,(H,22,25). The zero-order chi connectivity index (χ0) is 21.6. The van der Waals surface area contributed by atoms with Gasteiger partial charge in [-0.25, -0.2) is 0 Å². The number of amides is 1. The van der Waals surface area contributed by atoms with E-state index >= 15 is 0 Å². The van der Waals surface area contributed by atoms with Crippen molar-refractivity contribution >= 4 is 17.3 Å². The number of likely N-dealkylation sites (N-methyl/N-ethyl adjacent to an activating group) is 1. The summed E-state index contributed by atoms with van der Waals surface area (Å²) in [5.74, 6) is -0.661. The Morgan fingerprint density at radius 1 is 1.21 bits per heavy atom. The van der Waals surface area contributed by atoms with Crippen LogP contribution in [0.3, 0.4) is 0 Å². The highest BCUT2D eigenvalue weighted by molar-refractivity contribution is 5.92. The first-order chi connectivity index (χ1) is 13.6. The molecule has 29 heavy (non-hydrogen) atoms. The van der Waals surface area contributed by atoms with E-state index in [1.54, 1.807) is 18.0 Å². The lowest BCUT2D eigenvalue weighted by Gasteiger charge is -2.17. The lowest BCUT2D eigenvalue weighted by Crippen LogP contribution is -2.29. The fourth-order valence-electron chi connectivity index (χ4n) is 2.53. The average molecular weight is 413 g/mol. The van der Waals surface area contributed by atoms with Crippen molar-refractivity contribution in [1.82, 2.24) is 4.90 Å². The fraction of sp³-hybridized carbons (Fsp3) is 0.278. The second-order valence-corrected chi connectivity index (χ2v) is 6.06. The van der Waals surface area contributed by atoms with Gasteiger partial charge in [0, 0.05) is 18.3 Å². The fourth-order valence-corrected chi connectivity index (χ4v) is 2.53. The number of anilines is 1. The molecule has 11 heteroatoms. The summed E-state index contributed by atoms with van der Waals surface area (Å²) in [6, 6.07) is 9.24. The summed E-state index contributed by atoms with van der Waals surface area (Å²) in [7, 11) is 2.98. The van der Waals surface area contributed by atoms with Gasteiger partial charge in [-0.05, 0) is 42.9 Å². The van der Waals surface area contributed by atoms with Gasteiger partial charge in [0.05, 0.1) is 18.6 Å². The van der Waals surface area contributed by atoms with Gasteiger partial charge in [0.2, 0.25) is 5.91 Å². The molecule has 0 fully saturated rings. The average Bonchev–Trinajstić information content (AvgIpc) is 2.61. The van der Waals surface area contributed by atoms with Gasteiger partial charge < -0.3 is 14.8 Å². The molecule has 0 atom stereocenters. The van der Waals surface area contributed by atoms with Crippen LogP contribution in [0.4, 0.5) is 24.5 Å². The molecule has 0 aliphatic rings. The first-order valence-electron chi connectivity index (χ1n) is 8.23. The smallest absolute Gasteiger partial charge is 0.490 e. The molecular weight excluding hydrogens is 395 g/mol. The number of carbonyl (C=O) groups is 1. The number of alkyl halides is 3. The van der Waals surface area contributed by atoms with Crippen LogP contribution in [-0.2, 0) is 11.3 Å². The zero-order valence-corrected chi connectivity index (χ0v) is 15.5. The summed E-state index contributed by atoms with van der Waals surface area (Å²) in [6.45, 7) is 0.219. The summed E-state index contributed by atoms with van der Waals surface area (Å²) in [5, 5.41) is 13.6. The van der Waals surface area contributed by atoms with E-state index in [4.69, 9.17) is 4.74 Å². The number of nitro benzene ring substituents is 1. The summed E-state index contributed by atoms with van der Waals surface area (Å²) >= 11 is 0. The van der Waals surface area contributed by atoms with Crippen LogP contribution in [0.5, 0.6) is 11.5 Å². The number of methoxy groups -OCH3 is 1. The van der Waals surface area contributed by atoms with Crippen LogP contribution in [0, 0.1) is 10.1 Å². The van der Waals surface area contributed by atoms with Crippen LogP contribution in [0.1, 0.15) is 5.56 Å². The third-order valence-electron chi connectivity index (χ3n) is 3.68. The molecule has 0 bridgehead atoms. The highest BCUT2D eigenvalue weighted by atomic mass is 19.4. The molecule has 0 spiro atoms. The number of hydrogen-bond donors (Lipinski definition) is 1. The van der Waals surface area contributed by atoms with Gasteiger partial charge in [0.15, 0.2) is 5.75 Å². The van der Waals surface area contributed by atoms with Gasteiger partial charge in [-0.1, -0.05) is 6.07 Å². The van der Waals surface area contributed by atoms with Crippen LogP contribution >= 0.6 is 0 Å². The normalized spacial score (nSPS) is 11.2. The molecule has 0 aliphatic heterocycles. The topological polar surface area (TPSA) is 93.9 Å². The maximum atomic E-state index is 12.1. The molecule has 2 aromatic rings. The van der Waals surface area contributed by atoms with Gasteiger partial charge in [0.1, 0.15) is 5.75 Å². The highest BCUT2D eigenvalue weighted by Gasteiger charge is 2.31. The molecule has 0 heterocycles. The Bertz CT molecular complexity index is 872. The lowest BCUT2D eigenvalue weighted by molar-refractivity contribution is -0.385. The predicted molar refractivity (Wildman–Crippen MR) is 97.7 cm³/mol. The second-order valence-electron chi connectivity index (χ2n) is 6.06. The van der Waals surface area contributed by atoms with E-state index in [9.17, 15) is 28.1 Å². The van der Waals surface area contributed by atoms with Gasteiger partial charge >= 0.3 is 12.0 Å². The number of halogens is 3. The zero-order valence-electron chi connectivity index (χ0n) is 15.5. The molecule has 0 unspecified atom stereocenters. The number of hydrogen-bond acceptors (Lipinski definition) is 6. The van der Waals surface area contributed by atoms with Crippen molar-refractivity contribution in [3.63, 3.8) is 0 Å². The van der Waals surface area contributed by atoms with Crippen molar-refractivity contribution in [2.45, 2.75) is 12.9 Å². The van der Waals surface area contributed by atoms with Crippen molar-refractivity contribution in [2.24, 2.45) is 0 Å². The largest absolute Gasteiger partial charge is 0.573 e. The van der Waals surface area contributed by atoms with Crippen LogP contribution in [0.2, 0.25) is 0 Å². The molecule has 0 saturated heterocycles. The number of nitrogens with one attached hydrogen (secondary N) is 1. The Balaban J connectivity index is 1.92. The SMILES string of the molecule is COc1ccc(CN(C)CC(=O)Nc2ccc(OC(F)(F)F)cc2)cc1[N+](=O)[O-]. The van der Waals surface area contributed by atoms with Crippen molar-refractivity contribution in [1.29, 1.82) is 0 Å². The molecule has 0 aromatic heterocycles. The number of nitro groups is 1. The van der Waals surface area contributed by atoms with Gasteiger partial charge in [0.25, 0.3) is 0 Å². The number of carbonyl (C=O) groups excluding carboxylic acids is 1. The van der Waals surface area contributed by atoms with Crippen LogP contribution in [0.15, 0.2) is 42.5 Å². The quantitative estimate of drug-likeness (QED) is 0.525. The number of benzene rings is 2. The molecule has 0 aliphatic carbocycles. The van der Waals surface area contributed by atoms with E-state index in [-0.39, 0.29) is 24.5 Å². The third-order valence-corrected chi connectivity index (χ3v) is 3.68. The Labute approximate surface area is 164 Å². The molecule has 8 nitrogen and oxygen atoms in total. The van der Waals surface area contributed by atoms with Crippen LogP contribution in [0.25, 0.3) is 0 Å². The van der Waals surface area contributed by atoms with Gasteiger partial charge in [-0.2, -0.15) is 0 Å². The molecule has 1 N–H and O–H groups in total. The van der Waals surface area contributed by atoms with Crippen LogP contribution in [-0.4, -0.2) is 42.8 Å². The van der Waals surface area contributed by atoms with E-state index in [1.165, 1.54) is 31.4 Å². The van der Waals surface area contributed by atoms with Crippen molar-refractivity contribution in [3.8, 4) is 11.5 Å². The minimum absolute atomic E-state index is 0.0410. The summed E-state index contributed by atoms with van der Waals surface area (Å²) in [5.41, 5.74) is 0.739. The Kier molecular flexibility index (Phi) is 6.99. The molecule has 2 aromatic carbocycles. The van der Waals surface area contributed by atoms with Crippen molar-refractivity contribution in [2.75, 3.05) is 26.0 Å². The number of rotatable bonds is 8. The molecule has 0 radical (unpaired) electrons. The monoisotopic (exact) mass is 413 g/mol. The lowest BCUT2D eigenvalue weighted by atomic mass is 10.1. The first kappa shape index (κ1) is 22.0. The number of nitrogens with zero attached hydrogens (tertiary/aromatic N) is 2. The van der Waals surface area contributed by atoms with Crippen molar-refractivity contribution < 1.29 is 32.4 Å².